The Kier molecular flexibility index (Phi) is 6.58. The maximum atomic E-state index is 13.4. The summed E-state index contributed by atoms with van der Waals surface area (Å²) in [4.78, 5) is 27.7. The van der Waals surface area contributed by atoms with Crippen LogP contribution in [0.5, 0.6) is 11.5 Å². The molecule has 36 heavy (non-hydrogen) atoms. The first-order valence-corrected chi connectivity index (χ1v) is 12.7. The minimum Gasteiger partial charge on any atom is -0.507 e. The van der Waals surface area contributed by atoms with Crippen LogP contribution in [0.25, 0.3) is 17.0 Å². The topological polar surface area (TPSA) is 81.0 Å². The van der Waals surface area contributed by atoms with Crippen LogP contribution in [-0.2, 0) is 22.6 Å². The molecule has 1 aromatic heterocycles. The molecule has 0 radical (unpaired) electrons. The Balaban J connectivity index is 1.42. The molecule has 2 aliphatic heterocycles. The van der Waals surface area contributed by atoms with Crippen molar-refractivity contribution in [2.24, 2.45) is 5.92 Å². The number of aromatic nitrogens is 1. The van der Waals surface area contributed by atoms with Gasteiger partial charge in [-0.25, -0.2) is 0 Å². The quantitative estimate of drug-likeness (QED) is 0.386. The van der Waals surface area contributed by atoms with Crippen LogP contribution >= 0.6 is 0 Å². The van der Waals surface area contributed by atoms with E-state index in [4.69, 9.17) is 9.47 Å². The second kappa shape index (κ2) is 9.82. The third kappa shape index (κ3) is 4.28. The number of allylic oxidation sites excluding steroid dienone is 1. The summed E-state index contributed by atoms with van der Waals surface area (Å²) in [6.45, 7) is 8.80. The van der Waals surface area contributed by atoms with Crippen LogP contribution in [0.4, 0.5) is 0 Å². The molecule has 188 valence electrons. The summed E-state index contributed by atoms with van der Waals surface area (Å²) in [5.74, 6) is 0.435. The van der Waals surface area contributed by atoms with Crippen LogP contribution in [0.3, 0.4) is 0 Å². The van der Waals surface area contributed by atoms with E-state index < -0.39 is 0 Å². The number of phenols is 1. The van der Waals surface area contributed by atoms with Gasteiger partial charge in [-0.3, -0.25) is 14.5 Å². The number of rotatable bonds is 6. The first-order chi connectivity index (χ1) is 17.4. The number of carbonyl (C=O) groups is 2. The normalized spacial score (nSPS) is 17.5. The van der Waals surface area contributed by atoms with Crippen LogP contribution in [0.1, 0.15) is 53.7 Å². The highest BCUT2D eigenvalue weighted by Crippen LogP contribution is 2.43. The van der Waals surface area contributed by atoms with Gasteiger partial charge in [-0.05, 0) is 70.5 Å². The van der Waals surface area contributed by atoms with E-state index in [1.165, 1.54) is 0 Å². The molecule has 1 N–H and O–H groups in total. The molecule has 3 heterocycles. The van der Waals surface area contributed by atoms with Crippen molar-refractivity contribution in [3.05, 3.63) is 64.5 Å². The lowest BCUT2D eigenvalue weighted by atomic mass is 9.95. The van der Waals surface area contributed by atoms with Gasteiger partial charge in [0.1, 0.15) is 11.5 Å². The number of hydrogen-bond acceptors (Lipinski definition) is 6. The number of para-hydroxylation sites is 1. The van der Waals surface area contributed by atoms with Gasteiger partial charge in [-0.2, -0.15) is 0 Å². The molecular weight excluding hydrogens is 456 g/mol. The molecule has 7 heteroatoms. The zero-order valence-electron chi connectivity index (χ0n) is 21.0. The minimum atomic E-state index is -0.168. The molecule has 3 aromatic rings. The zero-order chi connectivity index (χ0) is 25.4. The maximum absolute atomic E-state index is 13.4. The number of carbonyl (C=O) groups excluding carboxylic acids is 2. The van der Waals surface area contributed by atoms with E-state index >= 15 is 0 Å². The first kappa shape index (κ1) is 24.1. The number of phenolic OH excluding ortho intramolecular Hbond substituents is 1. The number of ether oxygens (including phenoxy) is 2. The Bertz CT molecular complexity index is 1360. The van der Waals surface area contributed by atoms with E-state index in [1.54, 1.807) is 6.07 Å². The number of piperidine rings is 1. The molecule has 1 saturated heterocycles. The molecular formula is C29H32N2O5. The summed E-state index contributed by atoms with van der Waals surface area (Å²) in [7, 11) is 0. The molecule has 2 aliphatic rings. The van der Waals surface area contributed by atoms with Gasteiger partial charge in [-0.15, -0.1) is 0 Å². The number of fused-ring (bicyclic) bond motifs is 2. The third-order valence-electron chi connectivity index (χ3n) is 7.26. The van der Waals surface area contributed by atoms with Crippen LogP contribution in [0.2, 0.25) is 0 Å². The molecule has 0 spiro atoms. The number of aryl methyl sites for hydroxylation is 2. The number of likely N-dealkylation sites (tertiary alicyclic amines) is 1. The summed E-state index contributed by atoms with van der Waals surface area (Å²) in [6, 6.07) is 9.75. The van der Waals surface area contributed by atoms with E-state index in [9.17, 15) is 14.7 Å². The zero-order valence-corrected chi connectivity index (χ0v) is 21.0. The molecule has 0 saturated carbocycles. The fourth-order valence-corrected chi connectivity index (χ4v) is 5.34. The van der Waals surface area contributed by atoms with Crippen molar-refractivity contribution < 1.29 is 24.2 Å². The second-order valence-corrected chi connectivity index (χ2v) is 9.53. The Morgan fingerprint density at radius 3 is 2.69 bits per heavy atom. The Hall–Kier alpha value is -3.58. The van der Waals surface area contributed by atoms with Crippen LogP contribution in [0.15, 0.2) is 42.3 Å². The van der Waals surface area contributed by atoms with Crippen LogP contribution < -0.4 is 4.74 Å². The Labute approximate surface area is 210 Å². The highest BCUT2D eigenvalue weighted by molar-refractivity contribution is 6.16. The number of nitrogens with zero attached hydrogens (tertiary/aromatic N) is 2. The van der Waals surface area contributed by atoms with Crippen LogP contribution in [-0.4, -0.2) is 46.0 Å². The Morgan fingerprint density at radius 2 is 1.97 bits per heavy atom. The standard InChI is InChI=1S/C29H32N2O5/c1-4-31-16-20(21-8-6-7-9-23(21)31)15-25-27(33)26-18(3)14-24(32)22(28(26)36-25)17-30-12-10-19(11-13-30)29(34)35-5-2/h6-9,14-16,19,32H,4-5,10-13,17H2,1-3H3/b25-15+. The average molecular weight is 489 g/mol. The lowest BCUT2D eigenvalue weighted by Crippen LogP contribution is -2.36. The summed E-state index contributed by atoms with van der Waals surface area (Å²) < 4.78 is 13.5. The molecule has 1 fully saturated rings. The van der Waals surface area contributed by atoms with Gasteiger partial charge < -0.3 is 19.1 Å². The minimum absolute atomic E-state index is 0.0869. The molecule has 0 atom stereocenters. The summed E-state index contributed by atoms with van der Waals surface area (Å²) >= 11 is 0. The van der Waals surface area contributed by atoms with Crippen molar-refractivity contribution in [1.82, 2.24) is 9.47 Å². The molecule has 2 aromatic carbocycles. The molecule has 0 unspecified atom stereocenters. The van der Waals surface area contributed by atoms with Crippen molar-refractivity contribution in [1.29, 1.82) is 0 Å². The molecule has 0 aliphatic carbocycles. The number of Topliss-reactive ketones (excluding diaryl/α,β-unsaturated/α-hetero) is 1. The predicted molar refractivity (Wildman–Crippen MR) is 138 cm³/mol. The summed E-state index contributed by atoms with van der Waals surface area (Å²) in [5, 5.41) is 11.9. The lowest BCUT2D eigenvalue weighted by molar-refractivity contribution is -0.149. The molecule has 0 bridgehead atoms. The highest BCUT2D eigenvalue weighted by Gasteiger charge is 2.35. The van der Waals surface area contributed by atoms with Crippen LogP contribution in [0, 0.1) is 12.8 Å². The number of aromatic hydroxyl groups is 1. The predicted octanol–water partition coefficient (Wildman–Crippen LogP) is 5.07. The maximum Gasteiger partial charge on any atom is 0.309 e. The van der Waals surface area contributed by atoms with Crippen molar-refractivity contribution in [3.8, 4) is 11.5 Å². The number of hydrogen-bond donors (Lipinski definition) is 1. The Morgan fingerprint density at radius 1 is 1.22 bits per heavy atom. The monoisotopic (exact) mass is 488 g/mol. The summed E-state index contributed by atoms with van der Waals surface area (Å²) in [6.07, 6.45) is 5.26. The number of benzene rings is 2. The van der Waals surface area contributed by atoms with Crippen molar-refractivity contribution in [3.63, 3.8) is 0 Å². The van der Waals surface area contributed by atoms with Gasteiger partial charge in [-0.1, -0.05) is 18.2 Å². The second-order valence-electron chi connectivity index (χ2n) is 9.53. The third-order valence-corrected chi connectivity index (χ3v) is 7.26. The SMILES string of the molecule is CCOC(=O)C1CCN(Cc2c(O)cc(C)c3c2O/C(=C/c2cn(CC)c4ccccc24)C3=O)CC1. The lowest BCUT2D eigenvalue weighted by Gasteiger charge is -2.31. The van der Waals surface area contributed by atoms with E-state index in [2.05, 4.69) is 22.5 Å². The molecule has 7 nitrogen and oxygen atoms in total. The van der Waals surface area contributed by atoms with Crippen molar-refractivity contribution in [2.75, 3.05) is 19.7 Å². The molecule has 0 amide bonds. The smallest absolute Gasteiger partial charge is 0.309 e. The van der Waals surface area contributed by atoms with Gasteiger partial charge in [0.15, 0.2) is 5.76 Å². The number of esters is 1. The largest absolute Gasteiger partial charge is 0.507 e. The van der Waals surface area contributed by atoms with Crippen molar-refractivity contribution in [2.45, 2.75) is 46.7 Å². The van der Waals surface area contributed by atoms with Gasteiger partial charge in [0.2, 0.25) is 5.78 Å². The average Bonchev–Trinajstić information content (AvgIpc) is 3.40. The molecule has 5 rings (SSSR count). The van der Waals surface area contributed by atoms with Gasteiger partial charge >= 0.3 is 5.97 Å². The van der Waals surface area contributed by atoms with E-state index in [0.29, 0.717) is 61.5 Å². The van der Waals surface area contributed by atoms with E-state index in [1.807, 2.05) is 44.3 Å². The van der Waals surface area contributed by atoms with E-state index in [-0.39, 0.29) is 29.2 Å². The first-order valence-electron chi connectivity index (χ1n) is 12.7. The van der Waals surface area contributed by atoms with Crippen molar-refractivity contribution >= 4 is 28.7 Å². The fourth-order valence-electron chi connectivity index (χ4n) is 5.34. The summed E-state index contributed by atoms with van der Waals surface area (Å²) in [5.41, 5.74) is 3.84. The fraction of sp³-hybridized carbons (Fsp3) is 0.379. The van der Waals surface area contributed by atoms with Gasteiger partial charge in [0.05, 0.1) is 23.7 Å². The highest BCUT2D eigenvalue weighted by atomic mass is 16.5. The van der Waals surface area contributed by atoms with E-state index in [0.717, 1.165) is 23.0 Å². The van der Waals surface area contributed by atoms with Gasteiger partial charge in [0, 0.05) is 35.8 Å². The van der Waals surface area contributed by atoms with Gasteiger partial charge in [0.25, 0.3) is 0 Å². The number of ketones is 1.